The fourth-order valence-electron chi connectivity index (χ4n) is 3.34. The number of rotatable bonds is 12. The van der Waals surface area contributed by atoms with Crippen LogP contribution in [0.25, 0.3) is 0 Å². The summed E-state index contributed by atoms with van der Waals surface area (Å²) in [7, 11) is -5.86. The van der Waals surface area contributed by atoms with Gasteiger partial charge in [0.1, 0.15) is 0 Å². The molecule has 0 heterocycles. The lowest BCUT2D eigenvalue weighted by Gasteiger charge is -2.31. The monoisotopic (exact) mass is 421 g/mol. The Morgan fingerprint density at radius 2 is 1.21 bits per heavy atom. The Hall–Kier alpha value is -1.27. The lowest BCUT2D eigenvalue weighted by Crippen LogP contribution is -2.47. The number of hydrogen-bond donors (Lipinski definition) is 1. The Balaban J connectivity index is 2.33. The van der Waals surface area contributed by atoms with Crippen molar-refractivity contribution < 1.29 is 17.8 Å². The molecule has 0 radical (unpaired) electrons. The van der Waals surface area contributed by atoms with Gasteiger partial charge < -0.3 is 23.6 Å². The molecule has 0 aromatic heterocycles. The van der Waals surface area contributed by atoms with E-state index < -0.39 is 21.7 Å². The van der Waals surface area contributed by atoms with Crippen molar-refractivity contribution in [2.75, 3.05) is 19.8 Å². The van der Waals surface area contributed by atoms with Gasteiger partial charge in [-0.3, -0.25) is 0 Å². The van der Waals surface area contributed by atoms with Gasteiger partial charge in [0.05, 0.1) is 5.78 Å². The highest BCUT2D eigenvalue weighted by Gasteiger charge is 2.43. The zero-order valence-electron chi connectivity index (χ0n) is 17.0. The van der Waals surface area contributed by atoms with Gasteiger partial charge in [0, 0.05) is 36.5 Å². The van der Waals surface area contributed by atoms with Crippen LogP contribution in [-0.4, -0.2) is 34.4 Å². The Labute approximate surface area is 169 Å². The van der Waals surface area contributed by atoms with Crippen molar-refractivity contribution in [1.82, 2.24) is 0 Å². The fourth-order valence-corrected chi connectivity index (χ4v) is 9.04. The number of hydrogen-bond acceptors (Lipinski definition) is 5. The van der Waals surface area contributed by atoms with Crippen molar-refractivity contribution >= 4 is 26.6 Å². The van der Waals surface area contributed by atoms with Crippen molar-refractivity contribution in [3.8, 4) is 0 Å². The maximum Gasteiger partial charge on any atom is 0.501 e. The second-order valence-corrected chi connectivity index (χ2v) is 12.2. The van der Waals surface area contributed by atoms with E-state index in [9.17, 15) is 4.57 Å². The first-order chi connectivity index (χ1) is 13.5. The second-order valence-electron chi connectivity index (χ2n) is 6.42. The Morgan fingerprint density at radius 1 is 0.821 bits per heavy atom. The highest BCUT2D eigenvalue weighted by Crippen LogP contribution is 2.48. The quantitative estimate of drug-likeness (QED) is 0.418. The SMILES string of the molecule is CCO[Si](CCC(N)P(=O)(c1ccccc1)c1ccccc1)(OCC)OCC. The summed E-state index contributed by atoms with van der Waals surface area (Å²) in [5, 5.41) is 1.54. The summed E-state index contributed by atoms with van der Waals surface area (Å²) in [5.74, 6) is -0.550. The zero-order chi connectivity index (χ0) is 20.5. The highest BCUT2D eigenvalue weighted by molar-refractivity contribution is 7.79. The molecule has 154 valence electrons. The average Bonchev–Trinajstić information content (AvgIpc) is 2.73. The van der Waals surface area contributed by atoms with Gasteiger partial charge in [-0.1, -0.05) is 60.7 Å². The van der Waals surface area contributed by atoms with Crippen LogP contribution >= 0.6 is 7.14 Å². The van der Waals surface area contributed by atoms with Gasteiger partial charge in [0.2, 0.25) is 0 Å². The van der Waals surface area contributed by atoms with Crippen LogP contribution in [-0.2, 0) is 17.8 Å². The van der Waals surface area contributed by atoms with E-state index in [0.717, 1.165) is 10.6 Å². The van der Waals surface area contributed by atoms with Crippen molar-refractivity contribution in [2.24, 2.45) is 5.73 Å². The Kier molecular flexibility index (Phi) is 9.08. The summed E-state index contributed by atoms with van der Waals surface area (Å²) in [6, 6.07) is 19.6. The first kappa shape index (κ1) is 23.0. The lowest BCUT2D eigenvalue weighted by molar-refractivity contribution is 0.0708. The molecule has 2 N–H and O–H groups in total. The summed E-state index contributed by atoms with van der Waals surface area (Å²) in [6.07, 6.45) is 0.493. The van der Waals surface area contributed by atoms with Crippen LogP contribution in [0.1, 0.15) is 27.2 Å². The first-order valence-electron chi connectivity index (χ1n) is 9.90. The van der Waals surface area contributed by atoms with Crippen LogP contribution in [0.3, 0.4) is 0 Å². The van der Waals surface area contributed by atoms with E-state index in [1.165, 1.54) is 0 Å². The van der Waals surface area contributed by atoms with Crippen LogP contribution in [0.2, 0.25) is 6.04 Å². The molecule has 0 fully saturated rings. The first-order valence-corrected chi connectivity index (χ1v) is 13.6. The molecule has 0 spiro atoms. The van der Waals surface area contributed by atoms with E-state index >= 15 is 0 Å². The molecule has 0 bridgehead atoms. The standard InChI is InChI=1S/C21H32NO4PSi/c1-4-24-28(25-5-2,26-6-3)18-17-21(22)27(23,19-13-9-7-10-14-19)20-15-11-8-12-16-20/h7-16,21H,4-6,17-18,22H2,1-3H3. The molecule has 28 heavy (non-hydrogen) atoms. The normalized spacial score (nSPS) is 13.4. The fraction of sp³-hybridized carbons (Fsp3) is 0.429. The second kappa shape index (κ2) is 11.1. The summed E-state index contributed by atoms with van der Waals surface area (Å²) in [5.41, 5.74) is 6.60. The third-order valence-electron chi connectivity index (χ3n) is 4.59. The number of nitrogens with two attached hydrogens (primary N) is 1. The van der Waals surface area contributed by atoms with Crippen LogP contribution in [0.15, 0.2) is 60.7 Å². The molecule has 2 aromatic carbocycles. The van der Waals surface area contributed by atoms with E-state index in [4.69, 9.17) is 19.0 Å². The largest absolute Gasteiger partial charge is 0.501 e. The molecule has 0 saturated carbocycles. The van der Waals surface area contributed by atoms with Gasteiger partial charge in [-0.05, 0) is 27.2 Å². The Bertz CT molecular complexity index is 684. The van der Waals surface area contributed by atoms with Crippen LogP contribution in [0.5, 0.6) is 0 Å². The van der Waals surface area contributed by atoms with Crippen LogP contribution < -0.4 is 16.3 Å². The summed E-state index contributed by atoms with van der Waals surface area (Å²) < 4.78 is 32.1. The maximum absolute atomic E-state index is 14.3. The van der Waals surface area contributed by atoms with E-state index in [-0.39, 0.29) is 0 Å². The molecule has 0 aliphatic carbocycles. The topological polar surface area (TPSA) is 70.8 Å². The third-order valence-corrected chi connectivity index (χ3v) is 11.0. The van der Waals surface area contributed by atoms with Gasteiger partial charge in [0.15, 0.2) is 7.14 Å². The third kappa shape index (κ3) is 5.41. The molecule has 0 amide bonds. The minimum atomic E-state index is -3.02. The number of benzene rings is 2. The van der Waals surface area contributed by atoms with Gasteiger partial charge in [-0.2, -0.15) is 0 Å². The summed E-state index contributed by atoms with van der Waals surface area (Å²) in [6.45, 7) is 7.32. The van der Waals surface area contributed by atoms with Gasteiger partial charge in [0.25, 0.3) is 0 Å². The molecular formula is C21H32NO4PSi. The van der Waals surface area contributed by atoms with Gasteiger partial charge in [-0.25, -0.2) is 0 Å². The molecular weight excluding hydrogens is 389 g/mol. The van der Waals surface area contributed by atoms with Crippen molar-refractivity contribution in [3.63, 3.8) is 0 Å². The predicted octanol–water partition coefficient (Wildman–Crippen LogP) is 3.72. The zero-order valence-corrected chi connectivity index (χ0v) is 18.9. The van der Waals surface area contributed by atoms with Gasteiger partial charge >= 0.3 is 8.80 Å². The van der Waals surface area contributed by atoms with Crippen molar-refractivity contribution in [3.05, 3.63) is 60.7 Å². The molecule has 7 heteroatoms. The molecule has 0 aliphatic rings. The Morgan fingerprint density at radius 3 is 1.57 bits per heavy atom. The molecule has 1 unspecified atom stereocenters. The minimum absolute atomic E-state index is 0.493. The summed E-state index contributed by atoms with van der Waals surface area (Å²) >= 11 is 0. The van der Waals surface area contributed by atoms with Crippen LogP contribution in [0, 0.1) is 0 Å². The highest BCUT2D eigenvalue weighted by atomic mass is 31.2. The van der Waals surface area contributed by atoms with E-state index in [0.29, 0.717) is 32.3 Å². The van der Waals surface area contributed by atoms with E-state index in [1.54, 1.807) is 0 Å². The summed E-state index contributed by atoms with van der Waals surface area (Å²) in [4.78, 5) is 0. The minimum Gasteiger partial charge on any atom is -0.374 e. The molecule has 5 nitrogen and oxygen atoms in total. The lowest BCUT2D eigenvalue weighted by atomic mass is 10.4. The molecule has 1 atom stereocenters. The predicted molar refractivity (Wildman–Crippen MR) is 118 cm³/mol. The van der Waals surface area contributed by atoms with E-state index in [2.05, 4.69) is 0 Å². The van der Waals surface area contributed by atoms with Gasteiger partial charge in [-0.15, -0.1) is 0 Å². The maximum atomic E-state index is 14.3. The van der Waals surface area contributed by atoms with E-state index in [1.807, 2.05) is 81.4 Å². The van der Waals surface area contributed by atoms with Crippen molar-refractivity contribution in [1.29, 1.82) is 0 Å². The van der Waals surface area contributed by atoms with Crippen molar-refractivity contribution in [2.45, 2.75) is 39.0 Å². The molecule has 2 rings (SSSR count). The molecule has 0 saturated heterocycles. The average molecular weight is 422 g/mol. The smallest absolute Gasteiger partial charge is 0.374 e. The molecule has 2 aromatic rings. The molecule has 0 aliphatic heterocycles. The van der Waals surface area contributed by atoms with Crippen LogP contribution in [0.4, 0.5) is 0 Å².